The molecule has 1 aliphatic carbocycles. The van der Waals surface area contributed by atoms with Crippen molar-refractivity contribution in [2.45, 2.75) is 43.5 Å². The number of carbonyl (C=O) groups excluding carboxylic acids is 1. The van der Waals surface area contributed by atoms with Crippen molar-refractivity contribution >= 4 is 25.6 Å². The number of hydrogen-bond donors (Lipinski definition) is 1. The molecule has 0 unspecified atom stereocenters. The number of nitrogens with one attached hydrogen (secondary N) is 1. The fourth-order valence-electron chi connectivity index (χ4n) is 2.49. The lowest BCUT2D eigenvalue weighted by atomic mass is 10.2. The van der Waals surface area contributed by atoms with Crippen molar-refractivity contribution in [1.82, 2.24) is 15.1 Å². The minimum Gasteiger partial charge on any atom is -0.337 e. The summed E-state index contributed by atoms with van der Waals surface area (Å²) >= 11 is 0. The number of aromatic nitrogens is 2. The second-order valence-electron chi connectivity index (χ2n) is 4.82. The molecule has 1 saturated carbocycles. The molecule has 8 heteroatoms. The predicted octanol–water partition coefficient (Wildman–Crippen LogP) is 1.66. The Labute approximate surface area is 116 Å². The van der Waals surface area contributed by atoms with E-state index < -0.39 is 15.0 Å². The molecule has 1 aromatic heterocycles. The normalized spacial score (nSPS) is 16.8. The number of aryl methyl sites for hydroxylation is 1. The van der Waals surface area contributed by atoms with Crippen LogP contribution in [0.1, 0.15) is 41.9 Å². The average Bonchev–Trinajstić information content (AvgIpc) is 2.94. The van der Waals surface area contributed by atoms with Crippen LogP contribution in [0.4, 0.5) is 0 Å². The Morgan fingerprint density at radius 1 is 1.42 bits per heavy atom. The maximum Gasteiger partial charge on any atom is 0.275 e. The van der Waals surface area contributed by atoms with Crippen LogP contribution in [0, 0.1) is 6.92 Å². The van der Waals surface area contributed by atoms with E-state index in [1.807, 2.05) is 0 Å². The molecular formula is C11H16ClN3O3S. The van der Waals surface area contributed by atoms with Gasteiger partial charge in [0.05, 0.1) is 5.69 Å². The highest BCUT2D eigenvalue weighted by atomic mass is 35.7. The minimum absolute atomic E-state index is 0.123. The molecule has 106 valence electrons. The van der Waals surface area contributed by atoms with Crippen LogP contribution >= 0.6 is 10.7 Å². The SMILES string of the molecule is Cc1[nH]nc(C(=O)N(C)C2CCCC2)c1S(=O)(=O)Cl. The van der Waals surface area contributed by atoms with Gasteiger partial charge in [-0.2, -0.15) is 5.10 Å². The molecule has 0 saturated heterocycles. The molecule has 19 heavy (non-hydrogen) atoms. The lowest BCUT2D eigenvalue weighted by Crippen LogP contribution is -2.36. The summed E-state index contributed by atoms with van der Waals surface area (Å²) in [5.41, 5.74) is 0.153. The second-order valence-corrected chi connectivity index (χ2v) is 7.32. The van der Waals surface area contributed by atoms with E-state index in [1.165, 1.54) is 6.92 Å². The first kappa shape index (κ1) is 14.3. The standard InChI is InChI=1S/C11H16ClN3O3S/c1-7-10(19(12,17)18)9(14-13-7)11(16)15(2)8-5-3-4-6-8/h8H,3-6H2,1-2H3,(H,13,14). The highest BCUT2D eigenvalue weighted by Gasteiger charge is 2.31. The van der Waals surface area contributed by atoms with E-state index in [0.717, 1.165) is 25.7 Å². The van der Waals surface area contributed by atoms with E-state index >= 15 is 0 Å². The number of rotatable bonds is 3. The Kier molecular flexibility index (Phi) is 3.87. The fourth-order valence-corrected chi connectivity index (χ4v) is 3.83. The van der Waals surface area contributed by atoms with Gasteiger partial charge in [-0.05, 0) is 19.8 Å². The minimum atomic E-state index is -3.99. The van der Waals surface area contributed by atoms with Gasteiger partial charge < -0.3 is 4.90 Å². The third-order valence-corrected chi connectivity index (χ3v) is 4.98. The van der Waals surface area contributed by atoms with Crippen LogP contribution < -0.4 is 0 Å². The summed E-state index contributed by atoms with van der Waals surface area (Å²) in [5, 5.41) is 6.30. The van der Waals surface area contributed by atoms with Crippen molar-refractivity contribution in [3.8, 4) is 0 Å². The number of aromatic amines is 1. The summed E-state index contributed by atoms with van der Waals surface area (Å²) in [7, 11) is 3.04. The van der Waals surface area contributed by atoms with Crippen molar-refractivity contribution in [3.63, 3.8) is 0 Å². The molecule has 0 radical (unpaired) electrons. The average molecular weight is 306 g/mol. The molecule has 0 aliphatic heterocycles. The first-order valence-corrected chi connectivity index (χ1v) is 8.40. The largest absolute Gasteiger partial charge is 0.337 e. The third-order valence-electron chi connectivity index (χ3n) is 3.53. The Hall–Kier alpha value is -1.08. The Morgan fingerprint density at radius 2 is 2.00 bits per heavy atom. The molecule has 0 atom stereocenters. The molecule has 1 amide bonds. The van der Waals surface area contributed by atoms with Crippen LogP contribution in [-0.4, -0.2) is 42.5 Å². The highest BCUT2D eigenvalue weighted by molar-refractivity contribution is 8.13. The van der Waals surface area contributed by atoms with Crippen molar-refractivity contribution < 1.29 is 13.2 Å². The lowest BCUT2D eigenvalue weighted by molar-refractivity contribution is 0.0725. The van der Waals surface area contributed by atoms with Gasteiger partial charge in [-0.3, -0.25) is 9.89 Å². The van der Waals surface area contributed by atoms with Crippen LogP contribution in [0.3, 0.4) is 0 Å². The van der Waals surface area contributed by atoms with Crippen molar-refractivity contribution in [2.75, 3.05) is 7.05 Å². The van der Waals surface area contributed by atoms with Gasteiger partial charge in [0.1, 0.15) is 4.90 Å². The topological polar surface area (TPSA) is 83.1 Å². The van der Waals surface area contributed by atoms with Gasteiger partial charge in [-0.15, -0.1) is 0 Å². The van der Waals surface area contributed by atoms with Crippen molar-refractivity contribution in [1.29, 1.82) is 0 Å². The van der Waals surface area contributed by atoms with Gasteiger partial charge in [-0.1, -0.05) is 12.8 Å². The summed E-state index contributed by atoms with van der Waals surface area (Å²) in [6.07, 6.45) is 4.05. The first-order chi connectivity index (χ1) is 8.82. The molecule has 2 rings (SSSR count). The second kappa shape index (κ2) is 5.13. The molecule has 1 heterocycles. The first-order valence-electron chi connectivity index (χ1n) is 6.09. The molecule has 1 aromatic rings. The van der Waals surface area contributed by atoms with Gasteiger partial charge in [0.25, 0.3) is 15.0 Å². The molecule has 1 fully saturated rings. The summed E-state index contributed by atoms with van der Waals surface area (Å²) in [5.74, 6) is -0.407. The van der Waals surface area contributed by atoms with E-state index in [9.17, 15) is 13.2 Å². The van der Waals surface area contributed by atoms with Crippen molar-refractivity contribution in [2.24, 2.45) is 0 Å². The molecule has 0 bridgehead atoms. The predicted molar refractivity (Wildman–Crippen MR) is 70.7 cm³/mol. The zero-order valence-corrected chi connectivity index (χ0v) is 12.4. The van der Waals surface area contributed by atoms with Crippen LogP contribution in [0.25, 0.3) is 0 Å². The van der Waals surface area contributed by atoms with Gasteiger partial charge in [-0.25, -0.2) is 8.42 Å². The zero-order chi connectivity index (χ0) is 14.2. The zero-order valence-electron chi connectivity index (χ0n) is 10.8. The van der Waals surface area contributed by atoms with Gasteiger partial charge in [0, 0.05) is 23.8 Å². The molecule has 6 nitrogen and oxygen atoms in total. The Morgan fingerprint density at radius 3 is 2.53 bits per heavy atom. The summed E-state index contributed by atoms with van der Waals surface area (Å²) in [6.45, 7) is 1.52. The smallest absolute Gasteiger partial charge is 0.275 e. The van der Waals surface area contributed by atoms with E-state index in [4.69, 9.17) is 10.7 Å². The van der Waals surface area contributed by atoms with E-state index in [-0.39, 0.29) is 22.3 Å². The highest BCUT2D eigenvalue weighted by Crippen LogP contribution is 2.27. The fraction of sp³-hybridized carbons (Fsp3) is 0.636. The number of halogens is 1. The van der Waals surface area contributed by atoms with Crippen LogP contribution in [0.2, 0.25) is 0 Å². The number of nitrogens with zero attached hydrogens (tertiary/aromatic N) is 2. The molecular weight excluding hydrogens is 290 g/mol. The monoisotopic (exact) mass is 305 g/mol. The van der Waals surface area contributed by atoms with Gasteiger partial charge in [0.15, 0.2) is 5.69 Å². The molecule has 0 spiro atoms. The summed E-state index contributed by atoms with van der Waals surface area (Å²) < 4.78 is 23.0. The van der Waals surface area contributed by atoms with Gasteiger partial charge in [0.2, 0.25) is 0 Å². The van der Waals surface area contributed by atoms with Gasteiger partial charge >= 0.3 is 0 Å². The summed E-state index contributed by atoms with van der Waals surface area (Å²) in [6, 6.07) is 0.149. The van der Waals surface area contributed by atoms with Crippen LogP contribution in [-0.2, 0) is 9.05 Å². The van der Waals surface area contributed by atoms with E-state index in [2.05, 4.69) is 10.2 Å². The molecule has 1 aliphatic rings. The Balaban J connectivity index is 2.34. The number of amides is 1. The Bertz CT molecular complexity index is 590. The number of H-pyrrole nitrogens is 1. The van der Waals surface area contributed by atoms with Crippen LogP contribution in [0.5, 0.6) is 0 Å². The number of hydrogen-bond acceptors (Lipinski definition) is 4. The summed E-state index contributed by atoms with van der Waals surface area (Å²) in [4.78, 5) is 13.7. The maximum atomic E-state index is 12.3. The lowest BCUT2D eigenvalue weighted by Gasteiger charge is -2.23. The maximum absolute atomic E-state index is 12.3. The third kappa shape index (κ3) is 2.76. The van der Waals surface area contributed by atoms with Crippen molar-refractivity contribution in [3.05, 3.63) is 11.4 Å². The van der Waals surface area contributed by atoms with E-state index in [0.29, 0.717) is 0 Å². The van der Waals surface area contributed by atoms with Crippen LogP contribution in [0.15, 0.2) is 4.90 Å². The molecule has 0 aromatic carbocycles. The quantitative estimate of drug-likeness (QED) is 0.861. The number of carbonyl (C=O) groups is 1. The molecule has 1 N–H and O–H groups in total. The van der Waals surface area contributed by atoms with E-state index in [1.54, 1.807) is 11.9 Å².